The van der Waals surface area contributed by atoms with Gasteiger partial charge in [0.25, 0.3) is 11.8 Å². The number of thioether (sulfide) groups is 1. The van der Waals surface area contributed by atoms with E-state index in [9.17, 15) is 9.59 Å². The Bertz CT molecular complexity index is 1090. The number of benzene rings is 2. The zero-order valence-corrected chi connectivity index (χ0v) is 20.6. The quantitative estimate of drug-likeness (QED) is 0.384. The van der Waals surface area contributed by atoms with E-state index in [4.69, 9.17) is 44.9 Å². The van der Waals surface area contributed by atoms with Gasteiger partial charge in [0.2, 0.25) is 0 Å². The standard InChI is InChI=1S/C22H20Cl2N2O4S2/c1-12(2)26-21(28)19(32-22(26)31)7-13-4-5-17(18(6-13)29-3)30-11-20(27)25-16-9-14(23)8-15(24)10-16/h4-10,12H,11H2,1-3H3,(H,25,27)/b19-7-. The molecule has 1 heterocycles. The molecule has 1 aliphatic heterocycles. The van der Waals surface area contributed by atoms with Crippen LogP contribution in [0.15, 0.2) is 41.3 Å². The molecule has 10 heteroatoms. The van der Waals surface area contributed by atoms with Crippen LogP contribution in [0.2, 0.25) is 10.0 Å². The van der Waals surface area contributed by atoms with Gasteiger partial charge in [-0.1, -0.05) is 53.2 Å². The summed E-state index contributed by atoms with van der Waals surface area (Å²) in [6, 6.07) is 9.92. The average Bonchev–Trinajstić information content (AvgIpc) is 2.99. The molecule has 3 rings (SSSR count). The van der Waals surface area contributed by atoms with E-state index < -0.39 is 0 Å². The number of ether oxygens (including phenoxy) is 2. The van der Waals surface area contributed by atoms with E-state index in [0.717, 1.165) is 5.56 Å². The Morgan fingerprint density at radius 3 is 2.47 bits per heavy atom. The van der Waals surface area contributed by atoms with Crippen molar-refractivity contribution in [2.24, 2.45) is 0 Å². The zero-order chi connectivity index (χ0) is 23.4. The third-order valence-corrected chi connectivity index (χ3v) is 6.10. The second-order valence-electron chi connectivity index (χ2n) is 7.05. The van der Waals surface area contributed by atoms with Gasteiger partial charge >= 0.3 is 0 Å². The summed E-state index contributed by atoms with van der Waals surface area (Å²) in [5, 5.41) is 3.50. The summed E-state index contributed by atoms with van der Waals surface area (Å²) < 4.78 is 11.5. The zero-order valence-electron chi connectivity index (χ0n) is 17.5. The topological polar surface area (TPSA) is 67.9 Å². The Balaban J connectivity index is 1.68. The number of carbonyl (C=O) groups excluding carboxylic acids is 2. The molecule has 2 aromatic rings. The lowest BCUT2D eigenvalue weighted by molar-refractivity contribution is -0.123. The van der Waals surface area contributed by atoms with E-state index in [-0.39, 0.29) is 24.5 Å². The van der Waals surface area contributed by atoms with Gasteiger partial charge < -0.3 is 14.8 Å². The number of rotatable bonds is 7. The molecule has 2 amide bonds. The van der Waals surface area contributed by atoms with Crippen LogP contribution >= 0.6 is 47.2 Å². The van der Waals surface area contributed by atoms with Crippen LogP contribution in [0, 0.1) is 0 Å². The maximum absolute atomic E-state index is 12.6. The summed E-state index contributed by atoms with van der Waals surface area (Å²) in [5.74, 6) is 0.314. The molecule has 0 saturated carbocycles. The van der Waals surface area contributed by atoms with Crippen molar-refractivity contribution in [3.8, 4) is 11.5 Å². The molecule has 1 N–H and O–H groups in total. The maximum Gasteiger partial charge on any atom is 0.266 e. The lowest BCUT2D eigenvalue weighted by Gasteiger charge is -2.18. The fourth-order valence-electron chi connectivity index (χ4n) is 2.94. The molecular weight excluding hydrogens is 491 g/mol. The van der Waals surface area contributed by atoms with Crippen molar-refractivity contribution in [1.82, 2.24) is 4.90 Å². The van der Waals surface area contributed by atoms with Crippen molar-refractivity contribution < 1.29 is 19.1 Å². The number of hydrogen-bond donors (Lipinski definition) is 1. The molecule has 168 valence electrons. The van der Waals surface area contributed by atoms with E-state index in [1.165, 1.54) is 18.9 Å². The first kappa shape index (κ1) is 24.4. The van der Waals surface area contributed by atoms with Crippen LogP contribution in [-0.4, -0.2) is 40.8 Å². The molecule has 0 aromatic heterocycles. The second kappa shape index (κ2) is 10.6. The molecule has 0 spiro atoms. The molecule has 0 bridgehead atoms. The van der Waals surface area contributed by atoms with Gasteiger partial charge in [0.15, 0.2) is 18.1 Å². The van der Waals surface area contributed by atoms with Crippen molar-refractivity contribution in [3.05, 3.63) is 56.9 Å². The first-order chi connectivity index (χ1) is 15.2. The van der Waals surface area contributed by atoms with Crippen LogP contribution in [0.3, 0.4) is 0 Å². The SMILES string of the molecule is COc1cc(/C=C2\SC(=S)N(C(C)C)C2=O)ccc1OCC(=O)Nc1cc(Cl)cc(Cl)c1. The molecule has 1 aliphatic rings. The summed E-state index contributed by atoms with van der Waals surface area (Å²) in [6.45, 7) is 3.59. The van der Waals surface area contributed by atoms with Gasteiger partial charge in [0, 0.05) is 21.8 Å². The van der Waals surface area contributed by atoms with Crippen LogP contribution in [0.4, 0.5) is 5.69 Å². The first-order valence-corrected chi connectivity index (χ1v) is 11.5. The minimum Gasteiger partial charge on any atom is -0.493 e. The summed E-state index contributed by atoms with van der Waals surface area (Å²) in [4.78, 5) is 26.9. The molecule has 32 heavy (non-hydrogen) atoms. The van der Waals surface area contributed by atoms with E-state index >= 15 is 0 Å². The molecule has 0 radical (unpaired) electrons. The summed E-state index contributed by atoms with van der Waals surface area (Å²) in [5.41, 5.74) is 1.22. The number of halogens is 2. The first-order valence-electron chi connectivity index (χ1n) is 9.51. The Labute approximate surface area is 205 Å². The van der Waals surface area contributed by atoms with Gasteiger partial charge in [-0.2, -0.15) is 0 Å². The molecule has 0 unspecified atom stereocenters. The fourth-order valence-corrected chi connectivity index (χ4v) is 4.99. The highest BCUT2D eigenvalue weighted by Crippen LogP contribution is 2.35. The molecule has 1 fully saturated rings. The highest BCUT2D eigenvalue weighted by Gasteiger charge is 2.33. The van der Waals surface area contributed by atoms with Crippen molar-refractivity contribution in [2.45, 2.75) is 19.9 Å². The number of thiocarbonyl (C=S) groups is 1. The second-order valence-corrected chi connectivity index (χ2v) is 9.60. The minimum absolute atomic E-state index is 0.00667. The number of carbonyl (C=O) groups is 2. The van der Waals surface area contributed by atoms with E-state index in [2.05, 4.69) is 5.32 Å². The number of amides is 2. The van der Waals surface area contributed by atoms with Crippen molar-refractivity contribution in [1.29, 1.82) is 0 Å². The summed E-state index contributed by atoms with van der Waals surface area (Å²) in [6.07, 6.45) is 1.75. The normalized spacial score (nSPS) is 14.9. The van der Waals surface area contributed by atoms with Crippen molar-refractivity contribution in [3.63, 3.8) is 0 Å². The Morgan fingerprint density at radius 2 is 1.88 bits per heavy atom. The Kier molecular flexibility index (Phi) is 8.05. The van der Waals surface area contributed by atoms with Gasteiger partial charge in [-0.15, -0.1) is 0 Å². The van der Waals surface area contributed by atoms with E-state index in [1.54, 1.807) is 47.4 Å². The molecule has 2 aromatic carbocycles. The largest absolute Gasteiger partial charge is 0.493 e. The molecular formula is C22H20Cl2N2O4S2. The average molecular weight is 511 g/mol. The monoisotopic (exact) mass is 510 g/mol. The summed E-state index contributed by atoms with van der Waals surface area (Å²) in [7, 11) is 1.50. The Hall–Kier alpha value is -2.26. The van der Waals surface area contributed by atoms with Gasteiger partial charge in [-0.05, 0) is 55.8 Å². The number of anilines is 1. The lowest BCUT2D eigenvalue weighted by Crippen LogP contribution is -2.34. The smallest absolute Gasteiger partial charge is 0.266 e. The molecule has 6 nitrogen and oxygen atoms in total. The van der Waals surface area contributed by atoms with Crippen LogP contribution < -0.4 is 14.8 Å². The number of methoxy groups -OCH3 is 1. The van der Waals surface area contributed by atoms with Gasteiger partial charge in [0.05, 0.1) is 12.0 Å². The van der Waals surface area contributed by atoms with Gasteiger partial charge in [-0.3, -0.25) is 14.5 Å². The molecule has 0 aliphatic carbocycles. The number of hydrogen-bond acceptors (Lipinski definition) is 6. The molecule has 0 atom stereocenters. The minimum atomic E-state index is -0.383. The third-order valence-electron chi connectivity index (χ3n) is 4.33. The van der Waals surface area contributed by atoms with E-state index in [0.29, 0.717) is 36.5 Å². The third kappa shape index (κ3) is 5.95. The van der Waals surface area contributed by atoms with Gasteiger partial charge in [-0.25, -0.2) is 0 Å². The van der Waals surface area contributed by atoms with Crippen LogP contribution in [0.5, 0.6) is 11.5 Å². The fraction of sp³-hybridized carbons (Fsp3) is 0.227. The van der Waals surface area contributed by atoms with E-state index in [1.807, 2.05) is 13.8 Å². The Morgan fingerprint density at radius 1 is 1.19 bits per heavy atom. The van der Waals surface area contributed by atoms with Crippen LogP contribution in [0.25, 0.3) is 6.08 Å². The van der Waals surface area contributed by atoms with Crippen molar-refractivity contribution >= 4 is 75.1 Å². The lowest BCUT2D eigenvalue weighted by atomic mass is 10.1. The highest BCUT2D eigenvalue weighted by molar-refractivity contribution is 8.26. The predicted molar refractivity (Wildman–Crippen MR) is 134 cm³/mol. The van der Waals surface area contributed by atoms with Crippen LogP contribution in [0.1, 0.15) is 19.4 Å². The van der Waals surface area contributed by atoms with Crippen LogP contribution in [-0.2, 0) is 9.59 Å². The maximum atomic E-state index is 12.6. The predicted octanol–water partition coefficient (Wildman–Crippen LogP) is 5.63. The summed E-state index contributed by atoms with van der Waals surface area (Å²) >= 11 is 18.5. The number of nitrogens with zero attached hydrogens (tertiary/aromatic N) is 1. The van der Waals surface area contributed by atoms with Gasteiger partial charge in [0.1, 0.15) is 4.32 Å². The number of nitrogens with one attached hydrogen (secondary N) is 1. The van der Waals surface area contributed by atoms with Crippen molar-refractivity contribution in [2.75, 3.05) is 19.0 Å². The highest BCUT2D eigenvalue weighted by atomic mass is 35.5. The molecule has 1 saturated heterocycles.